The summed E-state index contributed by atoms with van der Waals surface area (Å²) < 4.78 is 11.3. The lowest BCUT2D eigenvalue weighted by Gasteiger charge is -2.32. The fraction of sp³-hybridized carbons (Fsp3) is 0.160. The van der Waals surface area contributed by atoms with Crippen LogP contribution in [0.3, 0.4) is 0 Å². The van der Waals surface area contributed by atoms with E-state index in [1.807, 2.05) is 61.5 Å². The number of ether oxygens (including phenoxy) is 2. The van der Waals surface area contributed by atoms with Crippen LogP contribution in [0.1, 0.15) is 11.1 Å². The van der Waals surface area contributed by atoms with Crippen LogP contribution in [0.15, 0.2) is 73.3 Å². The molecule has 3 aromatic rings. The second kappa shape index (κ2) is 9.45. The number of benzene rings is 3. The van der Waals surface area contributed by atoms with Crippen molar-refractivity contribution in [2.75, 3.05) is 24.7 Å². The molecule has 0 saturated heterocycles. The summed E-state index contributed by atoms with van der Waals surface area (Å²) in [4.78, 5) is 18.5. The Morgan fingerprint density at radius 3 is 2.34 bits per heavy atom. The van der Waals surface area contributed by atoms with Gasteiger partial charge in [0.1, 0.15) is 5.75 Å². The molecule has 1 aliphatic rings. The highest BCUT2D eigenvalue weighted by Crippen LogP contribution is 2.45. The van der Waals surface area contributed by atoms with Crippen molar-refractivity contribution in [1.29, 1.82) is 0 Å². The quantitative estimate of drug-likeness (QED) is 0.368. The molecule has 7 nitrogen and oxygen atoms in total. The number of carboxylic acid groups (broad SMARTS) is 1. The molecule has 0 bridgehead atoms. The van der Waals surface area contributed by atoms with E-state index >= 15 is 0 Å². The Labute approximate surface area is 186 Å². The van der Waals surface area contributed by atoms with Crippen molar-refractivity contribution < 1.29 is 24.2 Å². The molecule has 0 fully saturated rings. The van der Waals surface area contributed by atoms with Crippen LogP contribution in [-0.4, -0.2) is 30.8 Å². The normalized spacial score (nSPS) is 11.7. The van der Waals surface area contributed by atoms with Gasteiger partial charge in [-0.2, -0.15) is 0 Å². The van der Waals surface area contributed by atoms with E-state index in [-0.39, 0.29) is 6.61 Å². The Bertz CT molecular complexity index is 1100. The van der Waals surface area contributed by atoms with Gasteiger partial charge in [0.05, 0.1) is 23.7 Å². The Morgan fingerprint density at radius 1 is 1.06 bits per heavy atom. The zero-order chi connectivity index (χ0) is 22.5. The highest BCUT2D eigenvalue weighted by molar-refractivity contribution is 5.77. The molecule has 1 heterocycles. The second-order valence-corrected chi connectivity index (χ2v) is 7.28. The van der Waals surface area contributed by atoms with Crippen molar-refractivity contribution in [2.45, 2.75) is 6.92 Å². The summed E-state index contributed by atoms with van der Waals surface area (Å²) in [6, 6.07) is 21.2. The van der Waals surface area contributed by atoms with Crippen LogP contribution in [0.2, 0.25) is 0 Å². The van der Waals surface area contributed by atoms with Crippen LogP contribution >= 0.6 is 0 Å². The van der Waals surface area contributed by atoms with Gasteiger partial charge in [0.25, 0.3) is 0 Å². The number of anilines is 2. The Balaban J connectivity index is 1.35. The largest absolute Gasteiger partial charge is 0.482 e. The molecule has 3 aromatic carbocycles. The van der Waals surface area contributed by atoms with Crippen molar-refractivity contribution in [3.05, 3.63) is 84.4 Å². The third-order valence-electron chi connectivity index (χ3n) is 5.02. The van der Waals surface area contributed by atoms with Gasteiger partial charge in [0.15, 0.2) is 18.1 Å². The number of carbonyl (C=O) groups is 1. The van der Waals surface area contributed by atoms with Gasteiger partial charge in [-0.1, -0.05) is 30.8 Å². The number of hydrogen-bond acceptors (Lipinski definition) is 6. The van der Waals surface area contributed by atoms with Gasteiger partial charge < -0.3 is 19.5 Å². The van der Waals surface area contributed by atoms with Crippen LogP contribution in [0.4, 0.5) is 11.4 Å². The van der Waals surface area contributed by atoms with Crippen molar-refractivity contribution in [3.63, 3.8) is 0 Å². The minimum atomic E-state index is -1.02. The molecule has 0 saturated carbocycles. The lowest BCUT2D eigenvalue weighted by atomic mass is 10.1. The molecule has 32 heavy (non-hydrogen) atoms. The van der Waals surface area contributed by atoms with E-state index in [1.165, 1.54) is 0 Å². The summed E-state index contributed by atoms with van der Waals surface area (Å²) in [6.45, 7) is 6.51. The Hall–Kier alpha value is -3.97. The first-order valence-corrected chi connectivity index (χ1v) is 10.2. The summed E-state index contributed by atoms with van der Waals surface area (Å²) in [5.41, 5.74) is 7.11. The number of hydroxylamine groups is 1. The molecule has 1 aliphatic heterocycles. The fourth-order valence-corrected chi connectivity index (χ4v) is 3.49. The van der Waals surface area contributed by atoms with Crippen LogP contribution in [0, 0.1) is 6.92 Å². The van der Waals surface area contributed by atoms with Crippen LogP contribution in [0.25, 0.3) is 5.70 Å². The van der Waals surface area contributed by atoms with Gasteiger partial charge in [-0.05, 0) is 60.5 Å². The number of hydrogen-bond donors (Lipinski definition) is 2. The molecule has 4 rings (SSSR count). The van der Waals surface area contributed by atoms with Crippen molar-refractivity contribution in [1.82, 2.24) is 5.48 Å². The van der Waals surface area contributed by atoms with Gasteiger partial charge >= 0.3 is 5.97 Å². The Kier molecular flexibility index (Phi) is 6.28. The standard InChI is InChI=1S/C25H24N2O5/c1-17-15-19(11-12-22(17)30-16-25(28)29)18(2)26-31-14-13-27-20-7-3-5-9-23(20)32-24-10-6-4-8-21(24)27/h3-12,15,26H,2,13-14,16H2,1H3,(H,28,29). The number of aryl methyl sites for hydroxylation is 1. The van der Waals surface area contributed by atoms with Crippen molar-refractivity contribution in [2.24, 2.45) is 0 Å². The third-order valence-corrected chi connectivity index (χ3v) is 5.02. The molecular weight excluding hydrogens is 408 g/mol. The molecule has 0 atom stereocenters. The summed E-state index contributed by atoms with van der Waals surface area (Å²) in [6.07, 6.45) is 0. The minimum Gasteiger partial charge on any atom is -0.482 e. The zero-order valence-corrected chi connectivity index (χ0v) is 17.7. The molecule has 0 unspecified atom stereocenters. The topological polar surface area (TPSA) is 80.3 Å². The lowest BCUT2D eigenvalue weighted by Crippen LogP contribution is -2.27. The lowest BCUT2D eigenvalue weighted by molar-refractivity contribution is -0.139. The maximum Gasteiger partial charge on any atom is 0.341 e. The number of nitrogens with zero attached hydrogens (tertiary/aromatic N) is 1. The highest BCUT2D eigenvalue weighted by atomic mass is 16.6. The van der Waals surface area contributed by atoms with Crippen LogP contribution in [0.5, 0.6) is 17.2 Å². The summed E-state index contributed by atoms with van der Waals surface area (Å²) in [7, 11) is 0. The smallest absolute Gasteiger partial charge is 0.341 e. The number of para-hydroxylation sites is 4. The molecule has 0 radical (unpaired) electrons. The minimum absolute atomic E-state index is 0.379. The fourth-order valence-electron chi connectivity index (χ4n) is 3.49. The number of fused-ring (bicyclic) bond motifs is 2. The van der Waals surface area contributed by atoms with Crippen molar-refractivity contribution in [3.8, 4) is 17.2 Å². The highest BCUT2D eigenvalue weighted by Gasteiger charge is 2.23. The summed E-state index contributed by atoms with van der Waals surface area (Å²) in [5, 5.41) is 8.76. The number of aliphatic carboxylic acids is 1. The van der Waals surface area contributed by atoms with Gasteiger partial charge in [-0.15, -0.1) is 0 Å². The predicted molar refractivity (Wildman–Crippen MR) is 122 cm³/mol. The van der Waals surface area contributed by atoms with E-state index in [0.29, 0.717) is 24.6 Å². The summed E-state index contributed by atoms with van der Waals surface area (Å²) >= 11 is 0. The summed E-state index contributed by atoms with van der Waals surface area (Å²) in [5.74, 6) is 1.13. The molecule has 0 spiro atoms. The average Bonchev–Trinajstić information content (AvgIpc) is 2.80. The molecule has 2 N–H and O–H groups in total. The number of carboxylic acids is 1. The van der Waals surface area contributed by atoms with E-state index in [0.717, 1.165) is 34.0 Å². The van der Waals surface area contributed by atoms with Gasteiger partial charge in [0, 0.05) is 6.54 Å². The number of rotatable bonds is 9. The van der Waals surface area contributed by atoms with Gasteiger partial charge in [-0.25, -0.2) is 4.79 Å². The SMILES string of the molecule is C=C(NOCCN1c2ccccc2Oc2ccccc21)c1ccc(OCC(=O)O)c(C)c1. The second-order valence-electron chi connectivity index (χ2n) is 7.28. The van der Waals surface area contributed by atoms with Crippen molar-refractivity contribution >= 4 is 23.0 Å². The van der Waals surface area contributed by atoms with E-state index in [1.54, 1.807) is 12.1 Å². The maximum atomic E-state index is 10.7. The molecule has 0 amide bonds. The first-order valence-electron chi connectivity index (χ1n) is 10.2. The molecule has 0 aliphatic carbocycles. The predicted octanol–water partition coefficient (Wildman–Crippen LogP) is 4.89. The van der Waals surface area contributed by atoms with Crippen LogP contribution < -0.4 is 19.9 Å². The average molecular weight is 432 g/mol. The van der Waals surface area contributed by atoms with E-state index in [4.69, 9.17) is 19.4 Å². The van der Waals surface area contributed by atoms with Gasteiger partial charge in [0.2, 0.25) is 0 Å². The molecule has 0 aromatic heterocycles. The zero-order valence-electron chi connectivity index (χ0n) is 17.7. The van der Waals surface area contributed by atoms with Gasteiger partial charge in [-0.3, -0.25) is 10.3 Å². The number of nitrogens with one attached hydrogen (secondary N) is 1. The third kappa shape index (κ3) is 4.68. The van der Waals surface area contributed by atoms with E-state index in [2.05, 4.69) is 17.0 Å². The monoisotopic (exact) mass is 432 g/mol. The molecular formula is C25H24N2O5. The first-order chi connectivity index (χ1) is 15.5. The maximum absolute atomic E-state index is 10.7. The Morgan fingerprint density at radius 2 is 1.72 bits per heavy atom. The molecule has 164 valence electrons. The van der Waals surface area contributed by atoms with E-state index in [9.17, 15) is 4.79 Å². The molecule has 7 heteroatoms. The van der Waals surface area contributed by atoms with Crippen LogP contribution in [-0.2, 0) is 9.63 Å². The first kappa shape index (κ1) is 21.3. The van der Waals surface area contributed by atoms with E-state index < -0.39 is 5.97 Å².